The summed E-state index contributed by atoms with van der Waals surface area (Å²) in [4.78, 5) is 13.9. The van der Waals surface area contributed by atoms with E-state index < -0.39 is 0 Å². The van der Waals surface area contributed by atoms with E-state index in [0.29, 0.717) is 12.3 Å². The van der Waals surface area contributed by atoms with Crippen molar-refractivity contribution in [2.45, 2.75) is 20.4 Å². The predicted molar refractivity (Wildman–Crippen MR) is 98.6 cm³/mol. The van der Waals surface area contributed by atoms with Gasteiger partial charge in [0.1, 0.15) is 11.5 Å². The second-order valence-corrected chi connectivity index (χ2v) is 6.51. The number of hydrogen-bond donors (Lipinski definition) is 0. The Balaban J connectivity index is 1.97. The zero-order chi connectivity index (χ0) is 17.7. The lowest BCUT2D eigenvalue weighted by Crippen LogP contribution is -2.31. The molecule has 0 saturated heterocycles. The highest BCUT2D eigenvalue weighted by atomic mass is 79.9. The van der Waals surface area contributed by atoms with Gasteiger partial charge in [0, 0.05) is 23.6 Å². The molecular weight excluding hydrogens is 370 g/mol. The number of methoxy groups -OCH3 is 1. The second kappa shape index (κ2) is 8.20. The third-order valence-corrected chi connectivity index (χ3v) is 5.05. The maximum atomic E-state index is 12.3. The summed E-state index contributed by atoms with van der Waals surface area (Å²) >= 11 is 3.52. The monoisotopic (exact) mass is 391 g/mol. The Morgan fingerprint density at radius 1 is 1.17 bits per heavy atom. The predicted octanol–water partition coefficient (Wildman–Crippen LogP) is 4.11. The molecule has 0 N–H and O–H groups in total. The fourth-order valence-electron chi connectivity index (χ4n) is 2.42. The van der Waals surface area contributed by atoms with E-state index in [0.717, 1.165) is 26.9 Å². The summed E-state index contributed by atoms with van der Waals surface area (Å²) in [6.07, 6.45) is 0. The van der Waals surface area contributed by atoms with Gasteiger partial charge in [-0.3, -0.25) is 4.79 Å². The molecule has 0 aliphatic rings. The fourth-order valence-corrected chi connectivity index (χ4v) is 2.65. The van der Waals surface area contributed by atoms with Crippen LogP contribution >= 0.6 is 15.9 Å². The molecule has 0 radical (unpaired) electrons. The van der Waals surface area contributed by atoms with Crippen molar-refractivity contribution in [3.8, 4) is 11.5 Å². The highest BCUT2D eigenvalue weighted by molar-refractivity contribution is 9.10. The summed E-state index contributed by atoms with van der Waals surface area (Å²) in [6, 6.07) is 11.5. The molecule has 0 bridgehead atoms. The maximum absolute atomic E-state index is 12.3. The number of amides is 1. The Bertz CT molecular complexity index is 707. The number of nitrogens with zero attached hydrogens (tertiary/aromatic N) is 1. The molecule has 24 heavy (non-hydrogen) atoms. The van der Waals surface area contributed by atoms with Gasteiger partial charge in [-0.25, -0.2) is 0 Å². The highest BCUT2D eigenvalue weighted by Crippen LogP contribution is 2.26. The Morgan fingerprint density at radius 3 is 2.42 bits per heavy atom. The van der Waals surface area contributed by atoms with Gasteiger partial charge in [0.05, 0.1) is 7.11 Å². The van der Waals surface area contributed by atoms with Gasteiger partial charge >= 0.3 is 0 Å². The molecule has 0 saturated carbocycles. The summed E-state index contributed by atoms with van der Waals surface area (Å²) in [5, 5.41) is 0. The van der Waals surface area contributed by atoms with Crippen molar-refractivity contribution in [3.05, 3.63) is 57.6 Å². The lowest BCUT2D eigenvalue weighted by atomic mass is 10.1. The Morgan fingerprint density at radius 2 is 1.79 bits per heavy atom. The number of aryl methyl sites for hydroxylation is 2. The third-order valence-electron chi connectivity index (χ3n) is 3.80. The van der Waals surface area contributed by atoms with Gasteiger partial charge in [0.2, 0.25) is 0 Å². The number of benzene rings is 2. The summed E-state index contributed by atoms with van der Waals surface area (Å²) in [5.41, 5.74) is 3.13. The number of likely N-dealkylation sites (N-methyl/N-ethyl adjacent to an activating group) is 1. The van der Waals surface area contributed by atoms with Crippen LogP contribution in [0.3, 0.4) is 0 Å². The number of rotatable bonds is 6. The van der Waals surface area contributed by atoms with E-state index in [9.17, 15) is 4.79 Å². The van der Waals surface area contributed by atoms with Gasteiger partial charge in [-0.1, -0.05) is 34.1 Å². The topological polar surface area (TPSA) is 38.8 Å². The van der Waals surface area contributed by atoms with Crippen LogP contribution in [0.1, 0.15) is 16.7 Å². The lowest BCUT2D eigenvalue weighted by Gasteiger charge is -2.19. The molecule has 2 rings (SSSR count). The molecule has 2 aromatic carbocycles. The fraction of sp³-hybridized carbons (Fsp3) is 0.316. The molecule has 4 nitrogen and oxygen atoms in total. The number of carbonyl (C=O) groups excluding carboxylic acids is 1. The molecule has 1 amide bonds. The molecule has 0 unspecified atom stereocenters. The first-order valence-corrected chi connectivity index (χ1v) is 8.47. The van der Waals surface area contributed by atoms with E-state index in [1.807, 2.05) is 50.2 Å². The standard InChI is InChI=1S/C19H22BrNO3/c1-13-9-16(10-14(2)19(13)20)24-12-18(22)21(3)11-15-7-5-6-8-17(15)23-4/h5-10H,11-12H2,1-4H3. The molecular formula is C19H22BrNO3. The van der Waals surface area contributed by atoms with E-state index in [1.54, 1.807) is 19.1 Å². The van der Waals surface area contributed by atoms with Gasteiger partial charge in [0.25, 0.3) is 5.91 Å². The molecule has 0 aliphatic heterocycles. The van der Waals surface area contributed by atoms with E-state index in [1.165, 1.54) is 0 Å². The van der Waals surface area contributed by atoms with Gasteiger partial charge in [-0.05, 0) is 43.2 Å². The van der Waals surface area contributed by atoms with Crippen LogP contribution in [0, 0.1) is 13.8 Å². The SMILES string of the molecule is COc1ccccc1CN(C)C(=O)COc1cc(C)c(Br)c(C)c1. The van der Waals surface area contributed by atoms with Crippen LogP contribution in [0.4, 0.5) is 0 Å². The van der Waals surface area contributed by atoms with Crippen LogP contribution in [-0.4, -0.2) is 31.6 Å². The van der Waals surface area contributed by atoms with Crippen molar-refractivity contribution < 1.29 is 14.3 Å². The van der Waals surface area contributed by atoms with Gasteiger partial charge in [-0.15, -0.1) is 0 Å². The van der Waals surface area contributed by atoms with Crippen LogP contribution in [-0.2, 0) is 11.3 Å². The minimum Gasteiger partial charge on any atom is -0.496 e. The normalized spacial score (nSPS) is 10.4. The van der Waals surface area contributed by atoms with Crippen LogP contribution in [0.5, 0.6) is 11.5 Å². The summed E-state index contributed by atoms with van der Waals surface area (Å²) in [7, 11) is 3.39. The van der Waals surface area contributed by atoms with Crippen LogP contribution < -0.4 is 9.47 Å². The van der Waals surface area contributed by atoms with Crippen molar-refractivity contribution in [3.63, 3.8) is 0 Å². The van der Waals surface area contributed by atoms with E-state index in [4.69, 9.17) is 9.47 Å². The molecule has 0 aliphatic carbocycles. The van der Waals surface area contributed by atoms with Crippen molar-refractivity contribution in [2.75, 3.05) is 20.8 Å². The molecule has 0 aromatic heterocycles. The minimum atomic E-state index is -0.0841. The summed E-state index contributed by atoms with van der Waals surface area (Å²) < 4.78 is 12.0. The summed E-state index contributed by atoms with van der Waals surface area (Å²) in [6.45, 7) is 4.48. The van der Waals surface area contributed by atoms with Crippen molar-refractivity contribution in [1.82, 2.24) is 4.90 Å². The largest absolute Gasteiger partial charge is 0.496 e. The molecule has 128 valence electrons. The minimum absolute atomic E-state index is 0.00611. The van der Waals surface area contributed by atoms with E-state index in [2.05, 4.69) is 15.9 Å². The van der Waals surface area contributed by atoms with Crippen LogP contribution in [0.2, 0.25) is 0 Å². The molecule has 0 spiro atoms. The number of hydrogen-bond acceptors (Lipinski definition) is 3. The van der Waals surface area contributed by atoms with E-state index in [-0.39, 0.29) is 12.5 Å². The number of carbonyl (C=O) groups is 1. The van der Waals surface area contributed by atoms with Gasteiger partial charge in [0.15, 0.2) is 6.61 Å². The molecule has 0 atom stereocenters. The van der Waals surface area contributed by atoms with Gasteiger partial charge in [-0.2, -0.15) is 0 Å². The van der Waals surface area contributed by atoms with Crippen molar-refractivity contribution in [1.29, 1.82) is 0 Å². The second-order valence-electron chi connectivity index (χ2n) is 5.72. The van der Waals surface area contributed by atoms with Crippen LogP contribution in [0.15, 0.2) is 40.9 Å². The zero-order valence-corrected chi connectivity index (χ0v) is 16.0. The van der Waals surface area contributed by atoms with Crippen molar-refractivity contribution >= 4 is 21.8 Å². The third kappa shape index (κ3) is 4.51. The quantitative estimate of drug-likeness (QED) is 0.743. The number of ether oxygens (including phenoxy) is 2. The summed E-state index contributed by atoms with van der Waals surface area (Å²) in [5.74, 6) is 1.39. The van der Waals surface area contributed by atoms with Crippen LogP contribution in [0.25, 0.3) is 0 Å². The first-order chi connectivity index (χ1) is 11.4. The Kier molecular flexibility index (Phi) is 6.26. The lowest BCUT2D eigenvalue weighted by molar-refractivity contribution is -0.132. The van der Waals surface area contributed by atoms with Gasteiger partial charge < -0.3 is 14.4 Å². The molecule has 5 heteroatoms. The van der Waals surface area contributed by atoms with Crippen molar-refractivity contribution in [2.24, 2.45) is 0 Å². The Hall–Kier alpha value is -2.01. The Labute approximate surface area is 151 Å². The number of halogens is 1. The first kappa shape index (κ1) is 18.3. The molecule has 0 heterocycles. The molecule has 0 fully saturated rings. The average Bonchev–Trinajstić information content (AvgIpc) is 2.57. The zero-order valence-electron chi connectivity index (χ0n) is 14.4. The number of para-hydroxylation sites is 1. The first-order valence-electron chi connectivity index (χ1n) is 7.67. The maximum Gasteiger partial charge on any atom is 0.260 e. The average molecular weight is 392 g/mol. The smallest absolute Gasteiger partial charge is 0.260 e. The molecule has 2 aromatic rings. The van der Waals surface area contributed by atoms with E-state index >= 15 is 0 Å². The highest BCUT2D eigenvalue weighted by Gasteiger charge is 2.13.